The fraction of sp³-hybridized carbons (Fsp3) is 0.190. The SMILES string of the molecule is Cc1c(OC(=O)N(C)C)c(Cl)cc2c(C(N)=O)c(Cc3cccc([N+](=O)[O-])c3)c(=O)oc12. The molecule has 1 heterocycles. The lowest BCUT2D eigenvalue weighted by Crippen LogP contribution is -2.26. The second kappa shape index (κ2) is 8.67. The maximum absolute atomic E-state index is 12.8. The first kappa shape index (κ1) is 22.8. The van der Waals surface area contributed by atoms with Crippen LogP contribution in [0.2, 0.25) is 5.02 Å². The molecule has 10 nitrogen and oxygen atoms in total. The molecule has 0 spiro atoms. The molecule has 2 amide bonds. The zero-order chi connectivity index (χ0) is 23.7. The molecule has 2 N–H and O–H groups in total. The molecule has 0 atom stereocenters. The Balaban J connectivity index is 2.23. The molecule has 0 aliphatic heterocycles. The van der Waals surface area contributed by atoms with Crippen molar-refractivity contribution in [3.05, 3.63) is 78.1 Å². The van der Waals surface area contributed by atoms with Gasteiger partial charge in [-0.25, -0.2) is 9.59 Å². The molecule has 3 rings (SSSR count). The zero-order valence-corrected chi connectivity index (χ0v) is 18.1. The minimum Gasteiger partial charge on any atom is -0.422 e. The van der Waals surface area contributed by atoms with Crippen LogP contribution in [0.5, 0.6) is 5.75 Å². The summed E-state index contributed by atoms with van der Waals surface area (Å²) >= 11 is 6.30. The van der Waals surface area contributed by atoms with Crippen LogP contribution in [0.1, 0.15) is 27.0 Å². The summed E-state index contributed by atoms with van der Waals surface area (Å²) in [5.74, 6) is -0.931. The number of ether oxygens (including phenoxy) is 1. The van der Waals surface area contributed by atoms with Crippen LogP contribution in [0, 0.1) is 17.0 Å². The molecule has 166 valence electrons. The predicted molar refractivity (Wildman–Crippen MR) is 116 cm³/mol. The molecule has 1 aromatic heterocycles. The van der Waals surface area contributed by atoms with Crippen molar-refractivity contribution in [3.63, 3.8) is 0 Å². The third kappa shape index (κ3) is 4.26. The molecule has 0 bridgehead atoms. The van der Waals surface area contributed by atoms with Crippen LogP contribution >= 0.6 is 11.6 Å². The van der Waals surface area contributed by atoms with Crippen molar-refractivity contribution in [1.82, 2.24) is 4.90 Å². The standard InChI is InChI=1S/C21H18ClN3O7/c1-10-17-13(9-15(22)18(10)32-21(28)24(2)3)16(19(23)26)14(20(27)31-17)8-11-5-4-6-12(7-11)25(29)30/h4-7,9H,8H2,1-3H3,(H2,23,26). The van der Waals surface area contributed by atoms with Gasteiger partial charge in [-0.1, -0.05) is 23.7 Å². The number of carbonyl (C=O) groups is 2. The molecule has 0 radical (unpaired) electrons. The second-order valence-corrected chi connectivity index (χ2v) is 7.57. The number of carbonyl (C=O) groups excluding carboxylic acids is 2. The van der Waals surface area contributed by atoms with E-state index in [-0.39, 0.29) is 50.5 Å². The molecular weight excluding hydrogens is 442 g/mol. The minimum absolute atomic E-state index is 0.00264. The number of primary amides is 1. The number of hydrogen-bond acceptors (Lipinski definition) is 7. The molecular formula is C21H18ClN3O7. The van der Waals surface area contributed by atoms with Crippen LogP contribution in [0.4, 0.5) is 10.5 Å². The second-order valence-electron chi connectivity index (χ2n) is 7.16. The topological polar surface area (TPSA) is 146 Å². The number of fused-ring (bicyclic) bond motifs is 1. The van der Waals surface area contributed by atoms with Gasteiger partial charge in [0, 0.05) is 43.6 Å². The van der Waals surface area contributed by atoms with Gasteiger partial charge in [0.05, 0.1) is 21.1 Å². The van der Waals surface area contributed by atoms with Crippen molar-refractivity contribution < 1.29 is 23.7 Å². The van der Waals surface area contributed by atoms with Gasteiger partial charge < -0.3 is 19.8 Å². The van der Waals surface area contributed by atoms with E-state index in [1.54, 1.807) is 6.07 Å². The van der Waals surface area contributed by atoms with Gasteiger partial charge >= 0.3 is 11.7 Å². The largest absolute Gasteiger partial charge is 0.422 e. The molecule has 0 aliphatic rings. The predicted octanol–water partition coefficient (Wildman–Crippen LogP) is 3.41. The van der Waals surface area contributed by atoms with Crippen LogP contribution in [0.25, 0.3) is 11.0 Å². The van der Waals surface area contributed by atoms with E-state index < -0.39 is 22.5 Å². The fourth-order valence-electron chi connectivity index (χ4n) is 3.21. The molecule has 3 aromatic rings. The molecule has 2 aromatic carbocycles. The van der Waals surface area contributed by atoms with Crippen molar-refractivity contribution in [2.75, 3.05) is 14.1 Å². The lowest BCUT2D eigenvalue weighted by molar-refractivity contribution is -0.384. The quantitative estimate of drug-likeness (QED) is 0.349. The van der Waals surface area contributed by atoms with Crippen LogP contribution in [-0.2, 0) is 6.42 Å². The van der Waals surface area contributed by atoms with Crippen LogP contribution in [0.3, 0.4) is 0 Å². The smallest absolute Gasteiger partial charge is 0.414 e. The molecule has 11 heteroatoms. The highest BCUT2D eigenvalue weighted by atomic mass is 35.5. The average Bonchev–Trinajstić information content (AvgIpc) is 2.72. The number of hydrogen-bond donors (Lipinski definition) is 1. The number of amides is 2. The number of rotatable bonds is 5. The monoisotopic (exact) mass is 459 g/mol. The minimum atomic E-state index is -0.906. The van der Waals surface area contributed by atoms with Gasteiger partial charge in [-0.2, -0.15) is 0 Å². The normalized spacial score (nSPS) is 10.8. The Morgan fingerprint density at radius 1 is 1.28 bits per heavy atom. The average molecular weight is 460 g/mol. The van der Waals surface area contributed by atoms with Crippen molar-refractivity contribution in [2.24, 2.45) is 5.73 Å². The lowest BCUT2D eigenvalue weighted by Gasteiger charge is -2.16. The maximum atomic E-state index is 12.8. The molecule has 32 heavy (non-hydrogen) atoms. The zero-order valence-electron chi connectivity index (χ0n) is 17.3. The van der Waals surface area contributed by atoms with E-state index >= 15 is 0 Å². The van der Waals surface area contributed by atoms with E-state index in [9.17, 15) is 24.5 Å². The third-order valence-electron chi connectivity index (χ3n) is 4.73. The van der Waals surface area contributed by atoms with Gasteiger partial charge in [-0.05, 0) is 18.6 Å². The van der Waals surface area contributed by atoms with Crippen LogP contribution < -0.4 is 16.1 Å². The van der Waals surface area contributed by atoms with E-state index in [4.69, 9.17) is 26.5 Å². The number of nitrogens with two attached hydrogens (primary N) is 1. The van der Waals surface area contributed by atoms with Crippen LogP contribution in [-0.4, -0.2) is 35.9 Å². The Morgan fingerprint density at radius 3 is 2.56 bits per heavy atom. The van der Waals surface area contributed by atoms with Crippen molar-refractivity contribution in [2.45, 2.75) is 13.3 Å². The van der Waals surface area contributed by atoms with Crippen molar-refractivity contribution >= 4 is 40.3 Å². The number of halogens is 1. The van der Waals surface area contributed by atoms with E-state index in [1.165, 1.54) is 50.2 Å². The first-order valence-electron chi connectivity index (χ1n) is 9.22. The van der Waals surface area contributed by atoms with Crippen molar-refractivity contribution in [3.8, 4) is 5.75 Å². The van der Waals surface area contributed by atoms with Crippen molar-refractivity contribution in [1.29, 1.82) is 0 Å². The summed E-state index contributed by atoms with van der Waals surface area (Å²) in [5, 5.41) is 11.2. The number of benzene rings is 2. The van der Waals surface area contributed by atoms with Gasteiger partial charge in [-0.15, -0.1) is 0 Å². The Kier molecular flexibility index (Phi) is 6.17. The maximum Gasteiger partial charge on any atom is 0.414 e. The van der Waals surface area contributed by atoms with E-state index in [0.717, 1.165) is 0 Å². The van der Waals surface area contributed by atoms with Gasteiger partial charge in [0.25, 0.3) is 5.69 Å². The first-order valence-corrected chi connectivity index (χ1v) is 9.60. The number of aryl methyl sites for hydroxylation is 1. The Labute approximate surface area is 186 Å². The van der Waals surface area contributed by atoms with E-state index in [2.05, 4.69) is 0 Å². The summed E-state index contributed by atoms with van der Waals surface area (Å²) in [6.07, 6.45) is -0.833. The number of nitro groups is 1. The summed E-state index contributed by atoms with van der Waals surface area (Å²) in [6, 6.07) is 6.95. The van der Waals surface area contributed by atoms with Gasteiger partial charge in [0.1, 0.15) is 5.58 Å². The Morgan fingerprint density at radius 2 is 1.97 bits per heavy atom. The highest BCUT2D eigenvalue weighted by Gasteiger charge is 2.24. The fourth-order valence-corrected chi connectivity index (χ4v) is 3.50. The van der Waals surface area contributed by atoms with Gasteiger partial charge in [-0.3, -0.25) is 14.9 Å². The molecule has 0 fully saturated rings. The van der Waals surface area contributed by atoms with Gasteiger partial charge in [0.2, 0.25) is 5.91 Å². The highest BCUT2D eigenvalue weighted by molar-refractivity contribution is 6.33. The van der Waals surface area contributed by atoms with E-state index in [0.29, 0.717) is 5.56 Å². The highest BCUT2D eigenvalue weighted by Crippen LogP contribution is 2.37. The number of non-ortho nitro benzene ring substituents is 1. The first-order chi connectivity index (χ1) is 15.0. The summed E-state index contributed by atoms with van der Waals surface area (Å²) < 4.78 is 10.7. The Hall–Kier alpha value is -3.92. The summed E-state index contributed by atoms with van der Waals surface area (Å²) in [4.78, 5) is 48.8. The van der Waals surface area contributed by atoms with Crippen LogP contribution in [0.15, 0.2) is 39.5 Å². The molecule has 0 saturated carbocycles. The summed E-state index contributed by atoms with van der Waals surface area (Å²) in [5.41, 5.74) is 4.98. The number of nitro benzene ring substituents is 1. The van der Waals surface area contributed by atoms with Gasteiger partial charge in [0.15, 0.2) is 5.75 Å². The number of nitrogens with zero attached hydrogens (tertiary/aromatic N) is 2. The molecule has 0 saturated heterocycles. The summed E-state index contributed by atoms with van der Waals surface area (Å²) in [6.45, 7) is 1.51. The third-order valence-corrected chi connectivity index (χ3v) is 5.01. The molecule has 0 aliphatic carbocycles. The van der Waals surface area contributed by atoms with E-state index in [1.807, 2.05) is 0 Å². The summed E-state index contributed by atoms with van der Waals surface area (Å²) in [7, 11) is 2.97. The Bertz CT molecular complexity index is 1330. The molecule has 0 unspecified atom stereocenters. The lowest BCUT2D eigenvalue weighted by atomic mass is 9.96.